The Hall–Kier alpha value is -2.66. The second kappa shape index (κ2) is 11.1. The molecule has 5 heteroatoms. The molecule has 2 amide bonds. The van der Waals surface area contributed by atoms with Crippen molar-refractivity contribution in [3.63, 3.8) is 0 Å². The average Bonchev–Trinajstić information content (AvgIpc) is 2.68. The van der Waals surface area contributed by atoms with Gasteiger partial charge in [0, 0.05) is 25.3 Å². The van der Waals surface area contributed by atoms with E-state index in [1.54, 1.807) is 48.5 Å². The zero-order chi connectivity index (χ0) is 18.6. The number of rotatable bonds is 10. The summed E-state index contributed by atoms with van der Waals surface area (Å²) in [6.45, 7) is 4.05. The van der Waals surface area contributed by atoms with Crippen molar-refractivity contribution in [2.45, 2.75) is 26.2 Å². The molecule has 5 nitrogen and oxygen atoms in total. The second-order valence-corrected chi connectivity index (χ2v) is 5.94. The van der Waals surface area contributed by atoms with Gasteiger partial charge in [-0.15, -0.1) is 0 Å². The molecule has 0 bridgehead atoms. The molecule has 0 heterocycles. The summed E-state index contributed by atoms with van der Waals surface area (Å²) in [5, 5.41) is 5.68. The van der Waals surface area contributed by atoms with Gasteiger partial charge in [-0.1, -0.05) is 43.7 Å². The number of ether oxygens (including phenoxy) is 1. The van der Waals surface area contributed by atoms with Crippen LogP contribution in [0.1, 0.15) is 46.9 Å². The number of unbranched alkanes of at least 4 members (excludes halogenated alkanes) is 1. The van der Waals surface area contributed by atoms with E-state index in [1.165, 1.54) is 0 Å². The Morgan fingerprint density at radius 1 is 0.885 bits per heavy atom. The lowest BCUT2D eigenvalue weighted by Crippen LogP contribution is -2.26. The minimum atomic E-state index is -0.241. The van der Waals surface area contributed by atoms with E-state index in [9.17, 15) is 9.59 Å². The van der Waals surface area contributed by atoms with Crippen LogP contribution in [0.2, 0.25) is 0 Å². The molecule has 0 aliphatic heterocycles. The lowest BCUT2D eigenvalue weighted by molar-refractivity contribution is 0.0941. The van der Waals surface area contributed by atoms with Gasteiger partial charge in [0.1, 0.15) is 0 Å². The number of nitrogens with one attached hydrogen (secondary N) is 2. The normalized spacial score (nSPS) is 10.3. The Labute approximate surface area is 154 Å². The molecule has 0 aliphatic rings. The third-order valence-electron chi connectivity index (χ3n) is 3.85. The quantitative estimate of drug-likeness (QED) is 0.636. The van der Waals surface area contributed by atoms with Crippen LogP contribution < -0.4 is 10.6 Å². The van der Waals surface area contributed by atoms with Gasteiger partial charge in [0.2, 0.25) is 0 Å². The lowest BCUT2D eigenvalue weighted by atomic mass is 10.1. The maximum Gasteiger partial charge on any atom is 0.255 e. The maximum atomic E-state index is 12.4. The van der Waals surface area contributed by atoms with E-state index in [-0.39, 0.29) is 11.8 Å². The zero-order valence-corrected chi connectivity index (χ0v) is 15.2. The number of carbonyl (C=O) groups excluding carboxylic acids is 2. The van der Waals surface area contributed by atoms with Crippen molar-refractivity contribution in [1.29, 1.82) is 0 Å². The highest BCUT2D eigenvalue weighted by atomic mass is 16.5. The van der Waals surface area contributed by atoms with Gasteiger partial charge in [0.25, 0.3) is 11.8 Å². The van der Waals surface area contributed by atoms with Crippen molar-refractivity contribution >= 4 is 17.5 Å². The summed E-state index contributed by atoms with van der Waals surface area (Å²) in [5.41, 5.74) is 1.49. The number of hydrogen-bond acceptors (Lipinski definition) is 3. The van der Waals surface area contributed by atoms with E-state index < -0.39 is 0 Å². The lowest BCUT2D eigenvalue weighted by Gasteiger charge is -2.11. The monoisotopic (exact) mass is 354 g/mol. The van der Waals surface area contributed by atoms with E-state index in [0.29, 0.717) is 30.0 Å². The SMILES string of the molecule is CCCCOCCCNC(=O)c1ccccc1NC(=O)c1ccccc1. The fourth-order valence-electron chi connectivity index (χ4n) is 2.39. The minimum absolute atomic E-state index is 0.206. The molecule has 26 heavy (non-hydrogen) atoms. The topological polar surface area (TPSA) is 67.4 Å². The number of amides is 2. The van der Waals surface area contributed by atoms with Crippen LogP contribution in [0.25, 0.3) is 0 Å². The smallest absolute Gasteiger partial charge is 0.255 e. The highest BCUT2D eigenvalue weighted by molar-refractivity contribution is 6.08. The van der Waals surface area contributed by atoms with E-state index in [2.05, 4.69) is 17.6 Å². The van der Waals surface area contributed by atoms with E-state index >= 15 is 0 Å². The first kappa shape index (κ1) is 19.7. The van der Waals surface area contributed by atoms with Crippen molar-refractivity contribution in [1.82, 2.24) is 5.32 Å². The number of benzene rings is 2. The summed E-state index contributed by atoms with van der Waals surface area (Å²) in [7, 11) is 0. The molecule has 0 unspecified atom stereocenters. The molecule has 0 aliphatic carbocycles. The van der Waals surface area contributed by atoms with Crippen LogP contribution in [0.15, 0.2) is 54.6 Å². The summed E-state index contributed by atoms with van der Waals surface area (Å²) in [6, 6.07) is 15.9. The molecular formula is C21H26N2O3. The van der Waals surface area contributed by atoms with E-state index in [0.717, 1.165) is 25.9 Å². The maximum absolute atomic E-state index is 12.4. The average molecular weight is 354 g/mol. The van der Waals surface area contributed by atoms with Crippen LogP contribution >= 0.6 is 0 Å². The first-order valence-electron chi connectivity index (χ1n) is 9.03. The zero-order valence-electron chi connectivity index (χ0n) is 15.2. The third-order valence-corrected chi connectivity index (χ3v) is 3.85. The van der Waals surface area contributed by atoms with Gasteiger partial charge in [-0.05, 0) is 37.1 Å². The molecule has 0 atom stereocenters. The van der Waals surface area contributed by atoms with Crippen LogP contribution in [0.5, 0.6) is 0 Å². The summed E-state index contributed by atoms with van der Waals surface area (Å²) in [6.07, 6.45) is 2.93. The number of para-hydroxylation sites is 1. The van der Waals surface area contributed by atoms with Gasteiger partial charge in [-0.3, -0.25) is 9.59 Å². The number of anilines is 1. The molecular weight excluding hydrogens is 328 g/mol. The van der Waals surface area contributed by atoms with Gasteiger partial charge in [-0.25, -0.2) is 0 Å². The van der Waals surface area contributed by atoms with Gasteiger partial charge >= 0.3 is 0 Å². The summed E-state index contributed by atoms with van der Waals surface area (Å²) < 4.78 is 5.48. The molecule has 2 N–H and O–H groups in total. The predicted molar refractivity (Wildman–Crippen MR) is 104 cm³/mol. The van der Waals surface area contributed by atoms with Gasteiger partial charge < -0.3 is 15.4 Å². The van der Waals surface area contributed by atoms with Crippen LogP contribution in [0.3, 0.4) is 0 Å². The van der Waals surface area contributed by atoms with Crippen molar-refractivity contribution in [3.8, 4) is 0 Å². The van der Waals surface area contributed by atoms with Crippen molar-refractivity contribution in [3.05, 3.63) is 65.7 Å². The Bertz CT molecular complexity index is 701. The molecule has 2 aromatic carbocycles. The molecule has 0 fully saturated rings. The van der Waals surface area contributed by atoms with Crippen LogP contribution in [-0.2, 0) is 4.74 Å². The summed E-state index contributed by atoms with van der Waals surface area (Å²) in [4.78, 5) is 24.7. The molecule has 2 rings (SSSR count). The molecule has 0 spiro atoms. The van der Waals surface area contributed by atoms with Crippen LogP contribution in [0, 0.1) is 0 Å². The predicted octanol–water partition coefficient (Wildman–Crippen LogP) is 3.88. The largest absolute Gasteiger partial charge is 0.381 e. The van der Waals surface area contributed by atoms with Gasteiger partial charge in [-0.2, -0.15) is 0 Å². The number of hydrogen-bond donors (Lipinski definition) is 2. The fourth-order valence-corrected chi connectivity index (χ4v) is 2.39. The highest BCUT2D eigenvalue weighted by Crippen LogP contribution is 2.16. The Balaban J connectivity index is 1.87. The first-order valence-corrected chi connectivity index (χ1v) is 9.03. The minimum Gasteiger partial charge on any atom is -0.381 e. The van der Waals surface area contributed by atoms with Crippen molar-refractivity contribution in [2.75, 3.05) is 25.1 Å². The van der Waals surface area contributed by atoms with Crippen molar-refractivity contribution < 1.29 is 14.3 Å². The summed E-state index contributed by atoms with van der Waals surface area (Å²) in [5.74, 6) is -0.447. The fraction of sp³-hybridized carbons (Fsp3) is 0.333. The molecule has 0 saturated carbocycles. The Morgan fingerprint density at radius 3 is 2.35 bits per heavy atom. The van der Waals surface area contributed by atoms with Crippen LogP contribution in [-0.4, -0.2) is 31.6 Å². The van der Waals surface area contributed by atoms with Gasteiger partial charge in [0.05, 0.1) is 11.3 Å². The molecule has 2 aromatic rings. The number of carbonyl (C=O) groups is 2. The summed E-state index contributed by atoms with van der Waals surface area (Å²) >= 11 is 0. The standard InChI is InChI=1S/C21H26N2O3/c1-2-3-15-26-16-9-14-22-21(25)18-12-7-8-13-19(18)23-20(24)17-10-5-4-6-11-17/h4-8,10-13H,2-3,9,14-16H2,1H3,(H,22,25)(H,23,24). The van der Waals surface area contributed by atoms with E-state index in [1.807, 2.05) is 6.07 Å². The van der Waals surface area contributed by atoms with E-state index in [4.69, 9.17) is 4.74 Å². The van der Waals surface area contributed by atoms with Gasteiger partial charge in [0.15, 0.2) is 0 Å². The first-order chi connectivity index (χ1) is 12.7. The Morgan fingerprint density at radius 2 is 1.58 bits per heavy atom. The highest BCUT2D eigenvalue weighted by Gasteiger charge is 2.13. The molecule has 0 radical (unpaired) electrons. The molecule has 0 aromatic heterocycles. The Kier molecular flexibility index (Phi) is 8.36. The van der Waals surface area contributed by atoms with Crippen molar-refractivity contribution in [2.24, 2.45) is 0 Å². The van der Waals surface area contributed by atoms with Crippen LogP contribution in [0.4, 0.5) is 5.69 Å². The second-order valence-electron chi connectivity index (χ2n) is 5.94. The molecule has 138 valence electrons. The third kappa shape index (κ3) is 6.33. The molecule has 0 saturated heterocycles.